The maximum atomic E-state index is 14.3. The molecule has 1 atom stereocenters. The molecule has 29 heavy (non-hydrogen) atoms. The van der Waals surface area contributed by atoms with Gasteiger partial charge in [0, 0.05) is 23.6 Å². The van der Waals surface area contributed by atoms with Crippen molar-refractivity contribution in [1.29, 1.82) is 0 Å². The number of nitrogens with zero attached hydrogens (tertiary/aromatic N) is 1. The van der Waals surface area contributed by atoms with Gasteiger partial charge in [-0.1, -0.05) is 13.8 Å². The summed E-state index contributed by atoms with van der Waals surface area (Å²) in [6.07, 6.45) is 3.61. The van der Waals surface area contributed by atoms with Crippen LogP contribution in [-0.2, 0) is 4.79 Å². The van der Waals surface area contributed by atoms with Crippen LogP contribution < -0.4 is 10.6 Å². The molecule has 1 aromatic heterocycles. The Balaban J connectivity index is 1.77. The Bertz CT molecular complexity index is 999. The molecule has 5 nitrogen and oxygen atoms in total. The highest BCUT2D eigenvalue weighted by Gasteiger charge is 2.25. The predicted molar refractivity (Wildman–Crippen MR) is 107 cm³/mol. The summed E-state index contributed by atoms with van der Waals surface area (Å²) in [5.41, 5.74) is 0.927. The van der Waals surface area contributed by atoms with Gasteiger partial charge in [0.05, 0.1) is 5.69 Å². The number of carbonyl (C=O) groups is 2. The van der Waals surface area contributed by atoms with Gasteiger partial charge in [0.1, 0.15) is 17.7 Å². The number of halogens is 2. The van der Waals surface area contributed by atoms with E-state index < -0.39 is 29.5 Å². The molecule has 0 radical (unpaired) electrons. The second kappa shape index (κ2) is 8.68. The number of hydrogen-bond donors (Lipinski definition) is 2. The molecule has 0 aliphatic carbocycles. The summed E-state index contributed by atoms with van der Waals surface area (Å²) < 4.78 is 29.1. The number of aromatic nitrogens is 1. The van der Waals surface area contributed by atoms with Crippen molar-refractivity contribution in [2.45, 2.75) is 19.9 Å². The Morgan fingerprint density at radius 1 is 0.966 bits per heavy atom. The molecule has 2 N–H and O–H groups in total. The summed E-state index contributed by atoms with van der Waals surface area (Å²) in [7, 11) is 0. The maximum Gasteiger partial charge on any atom is 0.251 e. The van der Waals surface area contributed by atoms with Crippen molar-refractivity contribution < 1.29 is 18.4 Å². The second-order valence-corrected chi connectivity index (χ2v) is 6.95. The van der Waals surface area contributed by atoms with Crippen molar-refractivity contribution >= 4 is 17.5 Å². The van der Waals surface area contributed by atoms with Gasteiger partial charge >= 0.3 is 0 Å². The Kier molecular flexibility index (Phi) is 6.07. The van der Waals surface area contributed by atoms with Crippen molar-refractivity contribution in [2.24, 2.45) is 5.92 Å². The first-order chi connectivity index (χ1) is 13.8. The van der Waals surface area contributed by atoms with Crippen LogP contribution in [0.3, 0.4) is 0 Å². The lowest BCUT2D eigenvalue weighted by molar-refractivity contribution is -0.118. The Labute approximate surface area is 167 Å². The van der Waals surface area contributed by atoms with Crippen LogP contribution >= 0.6 is 0 Å². The highest BCUT2D eigenvalue weighted by molar-refractivity contribution is 6.01. The van der Waals surface area contributed by atoms with Crippen molar-refractivity contribution in [3.63, 3.8) is 0 Å². The average molecular weight is 397 g/mol. The molecule has 0 spiro atoms. The lowest BCUT2D eigenvalue weighted by Gasteiger charge is -2.22. The first-order valence-corrected chi connectivity index (χ1v) is 9.15. The number of rotatable bonds is 6. The van der Waals surface area contributed by atoms with E-state index in [9.17, 15) is 18.4 Å². The van der Waals surface area contributed by atoms with Gasteiger partial charge in [0.2, 0.25) is 5.91 Å². The molecule has 0 saturated carbocycles. The van der Waals surface area contributed by atoms with Crippen molar-refractivity contribution in [3.05, 3.63) is 84.2 Å². The fraction of sp³-hybridized carbons (Fsp3) is 0.182. The highest BCUT2D eigenvalue weighted by atomic mass is 19.1. The molecule has 3 aromatic rings. The van der Waals surface area contributed by atoms with Gasteiger partial charge < -0.3 is 15.2 Å². The Hall–Kier alpha value is -3.48. The van der Waals surface area contributed by atoms with Gasteiger partial charge in [-0.15, -0.1) is 0 Å². The zero-order chi connectivity index (χ0) is 21.0. The van der Waals surface area contributed by atoms with E-state index in [1.165, 1.54) is 36.4 Å². The van der Waals surface area contributed by atoms with Gasteiger partial charge in [-0.25, -0.2) is 8.78 Å². The summed E-state index contributed by atoms with van der Waals surface area (Å²) in [4.78, 5) is 25.2. The summed E-state index contributed by atoms with van der Waals surface area (Å²) in [6, 6.07) is 12.2. The van der Waals surface area contributed by atoms with Gasteiger partial charge in [-0.3, -0.25) is 9.59 Å². The van der Waals surface area contributed by atoms with Gasteiger partial charge in [0.25, 0.3) is 5.91 Å². The molecule has 150 valence electrons. The first-order valence-electron chi connectivity index (χ1n) is 9.15. The number of carbonyl (C=O) groups excluding carboxylic acids is 2. The van der Waals surface area contributed by atoms with Crippen LogP contribution in [0.5, 0.6) is 0 Å². The second-order valence-electron chi connectivity index (χ2n) is 6.95. The van der Waals surface area contributed by atoms with E-state index in [0.29, 0.717) is 5.69 Å². The molecular formula is C22H21F2N3O2. The van der Waals surface area contributed by atoms with Crippen molar-refractivity contribution in [3.8, 4) is 5.69 Å². The SMILES string of the molecule is CC(C)C(NC(=O)c1ccc(F)cc1)C(=O)Nc1cc(-n2cccc2)ccc1F. The summed E-state index contributed by atoms with van der Waals surface area (Å²) in [6.45, 7) is 3.53. The Morgan fingerprint density at radius 2 is 1.62 bits per heavy atom. The van der Waals surface area contributed by atoms with Crippen LogP contribution in [0.4, 0.5) is 14.5 Å². The highest BCUT2D eigenvalue weighted by Crippen LogP contribution is 2.20. The largest absolute Gasteiger partial charge is 0.340 e. The van der Waals surface area contributed by atoms with Gasteiger partial charge in [-0.05, 0) is 60.5 Å². The van der Waals surface area contributed by atoms with E-state index in [-0.39, 0.29) is 17.2 Å². The molecule has 0 saturated heterocycles. The van der Waals surface area contributed by atoms with E-state index in [1.807, 2.05) is 12.1 Å². The fourth-order valence-electron chi connectivity index (χ4n) is 2.85. The lowest BCUT2D eigenvalue weighted by Crippen LogP contribution is -2.47. The molecule has 3 rings (SSSR count). The summed E-state index contributed by atoms with van der Waals surface area (Å²) in [5.74, 6) is -2.35. The third kappa shape index (κ3) is 4.87. The molecule has 0 aliphatic heterocycles. The third-order valence-corrected chi connectivity index (χ3v) is 4.45. The first kappa shape index (κ1) is 20.3. The van der Waals surface area contributed by atoms with Gasteiger partial charge in [0.15, 0.2) is 0 Å². The number of benzene rings is 2. The standard InChI is InChI=1S/C22H21F2N3O2/c1-14(2)20(26-21(28)15-5-7-16(23)8-6-15)22(29)25-19-13-17(9-10-18(19)24)27-11-3-4-12-27/h3-14,20H,1-2H3,(H,25,29)(H,26,28). The fourth-order valence-corrected chi connectivity index (χ4v) is 2.85. The summed E-state index contributed by atoms with van der Waals surface area (Å²) >= 11 is 0. The lowest BCUT2D eigenvalue weighted by atomic mass is 10.0. The van der Waals surface area contributed by atoms with Crippen LogP contribution in [0, 0.1) is 17.6 Å². The van der Waals surface area contributed by atoms with Crippen molar-refractivity contribution in [1.82, 2.24) is 9.88 Å². The van der Waals surface area contributed by atoms with E-state index in [4.69, 9.17) is 0 Å². The number of nitrogens with one attached hydrogen (secondary N) is 2. The van der Waals surface area contributed by atoms with E-state index in [2.05, 4.69) is 10.6 Å². The number of anilines is 1. The molecule has 0 bridgehead atoms. The topological polar surface area (TPSA) is 63.1 Å². The smallest absolute Gasteiger partial charge is 0.251 e. The minimum atomic E-state index is -0.901. The van der Waals surface area contributed by atoms with Crippen LogP contribution in [0.25, 0.3) is 5.69 Å². The van der Waals surface area contributed by atoms with Crippen molar-refractivity contribution in [2.75, 3.05) is 5.32 Å². The van der Waals surface area contributed by atoms with Crippen LogP contribution in [0.15, 0.2) is 67.0 Å². The molecule has 1 heterocycles. The number of hydrogen-bond acceptors (Lipinski definition) is 2. The van der Waals surface area contributed by atoms with E-state index in [0.717, 1.165) is 0 Å². The third-order valence-electron chi connectivity index (χ3n) is 4.45. The molecular weight excluding hydrogens is 376 g/mol. The van der Waals surface area contributed by atoms with Crippen LogP contribution in [0.2, 0.25) is 0 Å². The molecule has 0 fully saturated rings. The molecule has 0 aliphatic rings. The normalized spacial score (nSPS) is 11.9. The molecule has 1 unspecified atom stereocenters. The predicted octanol–water partition coefficient (Wildman–Crippen LogP) is 4.15. The van der Waals surface area contributed by atoms with Gasteiger partial charge in [-0.2, -0.15) is 0 Å². The van der Waals surface area contributed by atoms with E-state index in [1.54, 1.807) is 36.9 Å². The van der Waals surface area contributed by atoms with E-state index >= 15 is 0 Å². The monoisotopic (exact) mass is 397 g/mol. The molecule has 2 aromatic carbocycles. The van der Waals surface area contributed by atoms with Crippen LogP contribution in [0.1, 0.15) is 24.2 Å². The zero-order valence-corrected chi connectivity index (χ0v) is 16.0. The maximum absolute atomic E-state index is 14.3. The van der Waals surface area contributed by atoms with Crippen LogP contribution in [-0.4, -0.2) is 22.4 Å². The summed E-state index contributed by atoms with van der Waals surface area (Å²) in [5, 5.41) is 5.19. The molecule has 7 heteroatoms. The minimum Gasteiger partial charge on any atom is -0.340 e. The number of amides is 2. The zero-order valence-electron chi connectivity index (χ0n) is 16.0. The quantitative estimate of drug-likeness (QED) is 0.656. The average Bonchev–Trinajstić information content (AvgIpc) is 3.22. The minimum absolute atomic E-state index is 0.0166. The Morgan fingerprint density at radius 3 is 2.24 bits per heavy atom. The molecule has 2 amide bonds.